The summed E-state index contributed by atoms with van der Waals surface area (Å²) in [6.07, 6.45) is 3.00. The molecule has 5 heteroatoms. The van der Waals surface area contributed by atoms with E-state index in [1.807, 2.05) is 6.92 Å². The van der Waals surface area contributed by atoms with Crippen molar-refractivity contribution in [2.24, 2.45) is 5.92 Å². The van der Waals surface area contributed by atoms with Crippen LogP contribution in [0.15, 0.2) is 22.7 Å². The molecule has 1 saturated carbocycles. The van der Waals surface area contributed by atoms with Gasteiger partial charge in [-0.05, 0) is 66.7 Å². The molecule has 0 unspecified atom stereocenters. The lowest BCUT2D eigenvalue weighted by atomic mass is 9.80. The van der Waals surface area contributed by atoms with Crippen LogP contribution in [0.2, 0.25) is 0 Å². The number of ether oxygens (including phenoxy) is 1. The molecule has 2 atom stereocenters. The smallest absolute Gasteiger partial charge is 0.260 e. The number of nitrogens with one attached hydrogen (secondary N) is 1. The van der Waals surface area contributed by atoms with E-state index in [1.165, 1.54) is 37.5 Å². The van der Waals surface area contributed by atoms with E-state index in [2.05, 4.69) is 21.2 Å². The van der Waals surface area contributed by atoms with E-state index in [0.29, 0.717) is 16.1 Å². The molecule has 1 N–H and O–H groups in total. The predicted octanol–water partition coefficient (Wildman–Crippen LogP) is 3.66. The van der Waals surface area contributed by atoms with Gasteiger partial charge in [-0.25, -0.2) is 4.39 Å². The maximum atomic E-state index is 13.0. The van der Waals surface area contributed by atoms with Gasteiger partial charge in [0.1, 0.15) is 11.6 Å². The maximum absolute atomic E-state index is 13.0. The number of benzene rings is 1. The molecule has 0 aliphatic heterocycles. The summed E-state index contributed by atoms with van der Waals surface area (Å²) in [5.74, 6) is 0.564. The normalized spacial score (nSPS) is 18.0. The lowest BCUT2D eigenvalue weighted by molar-refractivity contribution is -0.128. The van der Waals surface area contributed by atoms with Gasteiger partial charge in [-0.15, -0.1) is 0 Å². The first-order valence-corrected chi connectivity index (χ1v) is 7.68. The van der Waals surface area contributed by atoms with Crippen molar-refractivity contribution in [3.05, 3.63) is 28.5 Å². The minimum absolute atomic E-state index is 0.138. The standard InChI is InChI=1S/C15H19BrFNO2/c1-9(11-4-3-5-11)18-15(19)10(2)20-14-7-6-12(17)8-13(14)16/h6-11H,3-5H2,1-2H3,(H,18,19)/t9-,10+/m1/s1. The van der Waals surface area contributed by atoms with Gasteiger partial charge in [-0.1, -0.05) is 6.42 Å². The van der Waals surface area contributed by atoms with Crippen LogP contribution in [-0.4, -0.2) is 18.1 Å². The van der Waals surface area contributed by atoms with Gasteiger partial charge in [0, 0.05) is 6.04 Å². The summed E-state index contributed by atoms with van der Waals surface area (Å²) in [4.78, 5) is 12.1. The van der Waals surface area contributed by atoms with E-state index in [9.17, 15) is 9.18 Å². The van der Waals surface area contributed by atoms with Crippen LogP contribution in [0.4, 0.5) is 4.39 Å². The van der Waals surface area contributed by atoms with E-state index >= 15 is 0 Å². The molecule has 1 aliphatic carbocycles. The molecule has 1 fully saturated rings. The van der Waals surface area contributed by atoms with E-state index in [1.54, 1.807) is 6.92 Å². The third-order valence-electron chi connectivity index (χ3n) is 3.79. The molecule has 0 saturated heterocycles. The van der Waals surface area contributed by atoms with Crippen molar-refractivity contribution in [2.45, 2.75) is 45.3 Å². The number of amides is 1. The zero-order valence-corrected chi connectivity index (χ0v) is 13.2. The zero-order valence-electron chi connectivity index (χ0n) is 11.7. The minimum Gasteiger partial charge on any atom is -0.480 e. The quantitative estimate of drug-likeness (QED) is 0.885. The van der Waals surface area contributed by atoms with Gasteiger partial charge in [0.05, 0.1) is 4.47 Å². The molecule has 1 aromatic carbocycles. The average Bonchev–Trinajstić information content (AvgIpc) is 2.30. The van der Waals surface area contributed by atoms with Crippen molar-refractivity contribution in [1.82, 2.24) is 5.32 Å². The molecule has 3 nitrogen and oxygen atoms in total. The second-order valence-electron chi connectivity index (χ2n) is 5.32. The Hall–Kier alpha value is -1.10. The topological polar surface area (TPSA) is 38.3 Å². The number of hydrogen-bond acceptors (Lipinski definition) is 2. The summed E-state index contributed by atoms with van der Waals surface area (Å²) in [5.41, 5.74) is 0. The van der Waals surface area contributed by atoms with Crippen molar-refractivity contribution in [1.29, 1.82) is 0 Å². The second kappa shape index (κ2) is 6.57. The van der Waals surface area contributed by atoms with Crippen LogP contribution in [0.3, 0.4) is 0 Å². The van der Waals surface area contributed by atoms with Gasteiger partial charge in [0.25, 0.3) is 5.91 Å². The van der Waals surface area contributed by atoms with Crippen molar-refractivity contribution in [2.75, 3.05) is 0 Å². The SMILES string of the molecule is C[C@H](Oc1ccc(F)cc1Br)C(=O)N[C@H](C)C1CCC1. The summed E-state index contributed by atoms with van der Waals surface area (Å²) in [5, 5.41) is 2.98. The fourth-order valence-electron chi connectivity index (χ4n) is 2.21. The van der Waals surface area contributed by atoms with E-state index < -0.39 is 6.10 Å². The number of rotatable bonds is 5. The summed E-state index contributed by atoms with van der Waals surface area (Å²) in [7, 11) is 0. The van der Waals surface area contributed by atoms with Gasteiger partial charge in [-0.2, -0.15) is 0 Å². The van der Waals surface area contributed by atoms with Crippen molar-refractivity contribution in [3.63, 3.8) is 0 Å². The second-order valence-corrected chi connectivity index (χ2v) is 6.18. The minimum atomic E-state index is -0.612. The summed E-state index contributed by atoms with van der Waals surface area (Å²) in [6, 6.07) is 4.32. The average molecular weight is 344 g/mol. The monoisotopic (exact) mass is 343 g/mol. The number of hydrogen-bond donors (Lipinski definition) is 1. The molecule has 0 aromatic heterocycles. The van der Waals surface area contributed by atoms with Crippen molar-refractivity contribution < 1.29 is 13.9 Å². The lowest BCUT2D eigenvalue weighted by Gasteiger charge is -2.32. The van der Waals surface area contributed by atoms with Crippen LogP contribution in [0, 0.1) is 11.7 Å². The first-order valence-electron chi connectivity index (χ1n) is 6.89. The number of carbonyl (C=O) groups is 1. The Balaban J connectivity index is 1.89. The Morgan fingerprint density at radius 3 is 2.70 bits per heavy atom. The first kappa shape index (κ1) is 15.3. The van der Waals surface area contributed by atoms with E-state index in [-0.39, 0.29) is 17.8 Å². The fourth-order valence-corrected chi connectivity index (χ4v) is 2.66. The molecule has 1 aromatic rings. The van der Waals surface area contributed by atoms with Crippen LogP contribution >= 0.6 is 15.9 Å². The van der Waals surface area contributed by atoms with Crippen LogP contribution in [-0.2, 0) is 4.79 Å². The Labute approximate surface area is 127 Å². The molecule has 1 aliphatic rings. The molecule has 0 spiro atoms. The Morgan fingerprint density at radius 1 is 1.45 bits per heavy atom. The lowest BCUT2D eigenvalue weighted by Crippen LogP contribution is -2.45. The Kier molecular flexibility index (Phi) is 5.02. The summed E-state index contributed by atoms with van der Waals surface area (Å²) < 4.78 is 19.1. The molecule has 1 amide bonds. The highest BCUT2D eigenvalue weighted by atomic mass is 79.9. The summed E-state index contributed by atoms with van der Waals surface area (Å²) in [6.45, 7) is 3.72. The molecule has 2 rings (SSSR count). The highest BCUT2D eigenvalue weighted by Gasteiger charge is 2.27. The highest BCUT2D eigenvalue weighted by molar-refractivity contribution is 9.10. The van der Waals surface area contributed by atoms with Crippen molar-refractivity contribution in [3.8, 4) is 5.75 Å². The number of carbonyl (C=O) groups excluding carboxylic acids is 1. The third kappa shape index (κ3) is 3.72. The van der Waals surface area contributed by atoms with E-state index in [0.717, 1.165) is 0 Å². The molecule has 110 valence electrons. The van der Waals surface area contributed by atoms with Crippen LogP contribution < -0.4 is 10.1 Å². The van der Waals surface area contributed by atoms with Gasteiger partial charge in [-0.3, -0.25) is 4.79 Å². The summed E-state index contributed by atoms with van der Waals surface area (Å²) >= 11 is 3.22. The van der Waals surface area contributed by atoms with E-state index in [4.69, 9.17) is 4.74 Å². The Bertz CT molecular complexity index is 491. The predicted molar refractivity (Wildman–Crippen MR) is 79.1 cm³/mol. The molecule has 20 heavy (non-hydrogen) atoms. The van der Waals surface area contributed by atoms with Gasteiger partial charge < -0.3 is 10.1 Å². The van der Waals surface area contributed by atoms with Crippen LogP contribution in [0.1, 0.15) is 33.1 Å². The van der Waals surface area contributed by atoms with Gasteiger partial charge in [0.2, 0.25) is 0 Å². The zero-order chi connectivity index (χ0) is 14.7. The molecule has 0 bridgehead atoms. The highest BCUT2D eigenvalue weighted by Crippen LogP contribution is 2.29. The fraction of sp³-hybridized carbons (Fsp3) is 0.533. The van der Waals surface area contributed by atoms with Crippen LogP contribution in [0.25, 0.3) is 0 Å². The third-order valence-corrected chi connectivity index (χ3v) is 4.41. The van der Waals surface area contributed by atoms with Crippen LogP contribution in [0.5, 0.6) is 5.75 Å². The maximum Gasteiger partial charge on any atom is 0.260 e. The van der Waals surface area contributed by atoms with Gasteiger partial charge in [0.15, 0.2) is 6.10 Å². The molecular formula is C15H19BrFNO2. The molecule has 0 heterocycles. The first-order chi connectivity index (χ1) is 9.47. The van der Waals surface area contributed by atoms with Crippen molar-refractivity contribution >= 4 is 21.8 Å². The number of halogens is 2. The Morgan fingerprint density at radius 2 is 2.15 bits per heavy atom. The van der Waals surface area contributed by atoms with Gasteiger partial charge >= 0.3 is 0 Å². The molecule has 0 radical (unpaired) electrons. The largest absolute Gasteiger partial charge is 0.480 e. The molecular weight excluding hydrogens is 325 g/mol.